The summed E-state index contributed by atoms with van der Waals surface area (Å²) in [5.74, 6) is 0.946. The maximum absolute atomic E-state index is 12.9. The van der Waals surface area contributed by atoms with Crippen LogP contribution in [0.15, 0.2) is 61.2 Å². The molecule has 7 heteroatoms. The van der Waals surface area contributed by atoms with Crippen molar-refractivity contribution in [2.45, 2.75) is 38.0 Å². The van der Waals surface area contributed by atoms with Gasteiger partial charge in [0.2, 0.25) is 0 Å². The smallest absolute Gasteiger partial charge is 0.251 e. The zero-order valence-corrected chi connectivity index (χ0v) is 17.5. The summed E-state index contributed by atoms with van der Waals surface area (Å²) >= 11 is 6.19. The Bertz CT molecular complexity index is 1010. The Labute approximate surface area is 180 Å². The van der Waals surface area contributed by atoms with Crippen LogP contribution in [0.5, 0.6) is 11.5 Å². The van der Waals surface area contributed by atoms with Crippen LogP contribution in [0.3, 0.4) is 0 Å². The number of methoxy groups -OCH3 is 1. The Morgan fingerprint density at radius 3 is 2.87 bits per heavy atom. The Balaban J connectivity index is 1.44. The van der Waals surface area contributed by atoms with Crippen LogP contribution in [0.4, 0.5) is 0 Å². The molecule has 1 saturated carbocycles. The molecule has 1 heterocycles. The van der Waals surface area contributed by atoms with Gasteiger partial charge in [0.15, 0.2) is 11.5 Å². The lowest BCUT2D eigenvalue weighted by molar-refractivity contribution is 0.0928. The molecule has 1 aliphatic rings. The first-order valence-electron chi connectivity index (χ1n) is 9.98. The molecule has 0 saturated heterocycles. The molecule has 1 aliphatic carbocycles. The molecule has 1 aromatic heterocycles. The lowest BCUT2D eigenvalue weighted by Crippen LogP contribution is -2.38. The molecular formula is C23H24ClN3O3. The summed E-state index contributed by atoms with van der Waals surface area (Å²) in [4.78, 5) is 17.0. The lowest BCUT2D eigenvalue weighted by atomic mass is 10.1. The van der Waals surface area contributed by atoms with Gasteiger partial charge < -0.3 is 19.4 Å². The molecule has 0 bridgehead atoms. The number of amides is 1. The minimum atomic E-state index is -0.122. The highest BCUT2D eigenvalue weighted by atomic mass is 35.5. The summed E-state index contributed by atoms with van der Waals surface area (Å²) in [5.41, 5.74) is 1.42. The highest BCUT2D eigenvalue weighted by Gasteiger charge is 2.30. The molecule has 2 unspecified atom stereocenters. The molecular weight excluding hydrogens is 402 g/mol. The third-order valence-electron chi connectivity index (χ3n) is 5.47. The van der Waals surface area contributed by atoms with Crippen LogP contribution < -0.4 is 14.8 Å². The molecule has 3 aromatic rings. The fourth-order valence-electron chi connectivity index (χ4n) is 3.88. The average molecular weight is 426 g/mol. The predicted molar refractivity (Wildman–Crippen MR) is 115 cm³/mol. The first-order chi connectivity index (χ1) is 14.7. The first kappa shape index (κ1) is 20.3. The number of imidazole rings is 1. The van der Waals surface area contributed by atoms with Gasteiger partial charge in [-0.05, 0) is 43.5 Å². The monoisotopic (exact) mass is 425 g/mol. The van der Waals surface area contributed by atoms with E-state index in [1.54, 1.807) is 31.5 Å². The summed E-state index contributed by atoms with van der Waals surface area (Å²) < 4.78 is 13.4. The van der Waals surface area contributed by atoms with Gasteiger partial charge in [-0.2, -0.15) is 0 Å². The highest BCUT2D eigenvalue weighted by Crippen LogP contribution is 2.32. The van der Waals surface area contributed by atoms with Crippen molar-refractivity contribution in [1.82, 2.24) is 14.9 Å². The van der Waals surface area contributed by atoms with Gasteiger partial charge in [0, 0.05) is 34.6 Å². The standard InChI is InChI=1S/C23H24ClN3O3/c1-29-22-13-16(9-10-21(22)30-14-17-5-2-3-6-18(17)24)23(28)26-19-7-4-8-20(19)27-12-11-25-15-27/h2-3,5-6,9-13,15,19-20H,4,7-8,14H2,1H3,(H,26,28). The molecule has 6 nitrogen and oxygen atoms in total. The van der Waals surface area contributed by atoms with Gasteiger partial charge in [-0.3, -0.25) is 4.79 Å². The maximum atomic E-state index is 12.9. The van der Waals surface area contributed by atoms with Gasteiger partial charge in [-0.25, -0.2) is 4.98 Å². The van der Waals surface area contributed by atoms with E-state index in [2.05, 4.69) is 14.9 Å². The van der Waals surface area contributed by atoms with Gasteiger partial charge >= 0.3 is 0 Å². The number of benzene rings is 2. The highest BCUT2D eigenvalue weighted by molar-refractivity contribution is 6.31. The minimum absolute atomic E-state index is 0.0776. The van der Waals surface area contributed by atoms with Crippen molar-refractivity contribution >= 4 is 17.5 Å². The van der Waals surface area contributed by atoms with E-state index in [0.717, 1.165) is 24.8 Å². The van der Waals surface area contributed by atoms with Gasteiger partial charge in [0.1, 0.15) is 6.61 Å². The summed E-state index contributed by atoms with van der Waals surface area (Å²) in [5, 5.41) is 3.82. The van der Waals surface area contributed by atoms with E-state index >= 15 is 0 Å². The van der Waals surface area contributed by atoms with Crippen molar-refractivity contribution < 1.29 is 14.3 Å². The number of rotatable bonds is 7. The Hall–Kier alpha value is -2.99. The molecule has 156 valence electrons. The Kier molecular flexibility index (Phi) is 6.23. The molecule has 0 aliphatic heterocycles. The second kappa shape index (κ2) is 9.22. The predicted octanol–water partition coefficient (Wildman–Crippen LogP) is 4.65. The minimum Gasteiger partial charge on any atom is -0.493 e. The third kappa shape index (κ3) is 4.44. The number of ether oxygens (including phenoxy) is 2. The molecule has 0 spiro atoms. The molecule has 1 N–H and O–H groups in total. The van der Waals surface area contributed by atoms with E-state index in [1.165, 1.54) is 0 Å². The van der Waals surface area contributed by atoms with Gasteiger partial charge in [-0.1, -0.05) is 29.8 Å². The molecule has 2 atom stereocenters. The van der Waals surface area contributed by atoms with Crippen molar-refractivity contribution in [2.24, 2.45) is 0 Å². The second-order valence-corrected chi connectivity index (χ2v) is 7.74. The van der Waals surface area contributed by atoms with Gasteiger partial charge in [0.05, 0.1) is 19.5 Å². The fraction of sp³-hybridized carbons (Fsp3) is 0.304. The van der Waals surface area contributed by atoms with Crippen LogP contribution >= 0.6 is 11.6 Å². The summed E-state index contributed by atoms with van der Waals surface area (Å²) in [6.07, 6.45) is 8.58. The van der Waals surface area contributed by atoms with Gasteiger partial charge in [0.25, 0.3) is 5.91 Å². The SMILES string of the molecule is COc1cc(C(=O)NC2CCCC2n2ccnc2)ccc1OCc1ccccc1Cl. The van der Waals surface area contributed by atoms with Crippen molar-refractivity contribution in [1.29, 1.82) is 0 Å². The number of aromatic nitrogens is 2. The third-order valence-corrected chi connectivity index (χ3v) is 5.84. The topological polar surface area (TPSA) is 65.4 Å². The first-order valence-corrected chi connectivity index (χ1v) is 10.4. The number of carbonyl (C=O) groups excluding carboxylic acids is 1. The number of nitrogens with one attached hydrogen (secondary N) is 1. The number of hydrogen-bond donors (Lipinski definition) is 1. The van der Waals surface area contributed by atoms with Crippen LogP contribution in [0.25, 0.3) is 0 Å². The molecule has 2 aromatic carbocycles. The molecule has 4 rings (SSSR count). The molecule has 1 fully saturated rings. The Morgan fingerprint density at radius 2 is 2.10 bits per heavy atom. The molecule has 1 amide bonds. The number of carbonyl (C=O) groups is 1. The van der Waals surface area contributed by atoms with E-state index in [9.17, 15) is 4.79 Å². The molecule has 30 heavy (non-hydrogen) atoms. The normalized spacial score (nSPS) is 18.2. The van der Waals surface area contributed by atoms with Crippen LogP contribution in [0.1, 0.15) is 41.2 Å². The van der Waals surface area contributed by atoms with Crippen molar-refractivity contribution in [3.8, 4) is 11.5 Å². The fourth-order valence-corrected chi connectivity index (χ4v) is 4.07. The van der Waals surface area contributed by atoms with Crippen LogP contribution in [-0.2, 0) is 6.61 Å². The summed E-state index contributed by atoms with van der Waals surface area (Å²) in [7, 11) is 1.56. The van der Waals surface area contributed by atoms with Gasteiger partial charge in [-0.15, -0.1) is 0 Å². The van der Waals surface area contributed by atoms with Crippen LogP contribution in [0.2, 0.25) is 5.02 Å². The largest absolute Gasteiger partial charge is 0.493 e. The van der Waals surface area contributed by atoms with E-state index in [4.69, 9.17) is 21.1 Å². The zero-order valence-electron chi connectivity index (χ0n) is 16.8. The second-order valence-electron chi connectivity index (χ2n) is 7.33. The number of nitrogens with zero attached hydrogens (tertiary/aromatic N) is 2. The van der Waals surface area contributed by atoms with Crippen LogP contribution in [-0.4, -0.2) is 28.6 Å². The zero-order chi connectivity index (χ0) is 20.9. The quantitative estimate of drug-likeness (QED) is 0.598. The lowest BCUT2D eigenvalue weighted by Gasteiger charge is -2.22. The van der Waals surface area contributed by atoms with E-state index in [1.807, 2.05) is 36.8 Å². The number of halogens is 1. The average Bonchev–Trinajstić information content (AvgIpc) is 3.45. The van der Waals surface area contributed by atoms with E-state index < -0.39 is 0 Å². The van der Waals surface area contributed by atoms with E-state index in [0.29, 0.717) is 28.7 Å². The maximum Gasteiger partial charge on any atom is 0.251 e. The van der Waals surface area contributed by atoms with Crippen molar-refractivity contribution in [3.63, 3.8) is 0 Å². The van der Waals surface area contributed by atoms with E-state index in [-0.39, 0.29) is 18.0 Å². The molecule has 0 radical (unpaired) electrons. The summed E-state index contributed by atoms with van der Waals surface area (Å²) in [6, 6.07) is 13.0. The number of hydrogen-bond acceptors (Lipinski definition) is 4. The Morgan fingerprint density at radius 1 is 1.23 bits per heavy atom. The summed E-state index contributed by atoms with van der Waals surface area (Å²) in [6.45, 7) is 0.316. The van der Waals surface area contributed by atoms with Crippen molar-refractivity contribution in [3.05, 3.63) is 77.3 Å². The van der Waals surface area contributed by atoms with Crippen LogP contribution in [0, 0.1) is 0 Å². The van der Waals surface area contributed by atoms with Crippen molar-refractivity contribution in [2.75, 3.05) is 7.11 Å².